The molecule has 0 unspecified atom stereocenters. The normalized spacial score (nSPS) is 11.3. The molecule has 1 aromatic heterocycles. The second kappa shape index (κ2) is 6.05. The lowest BCUT2D eigenvalue weighted by Gasteiger charge is -2.02. The van der Waals surface area contributed by atoms with Crippen LogP contribution in [0.1, 0.15) is 11.3 Å². The minimum Gasteiger partial charge on any atom is -0.508 e. The molecular weight excluding hydrogens is 296 g/mol. The summed E-state index contributed by atoms with van der Waals surface area (Å²) in [4.78, 5) is 0. The van der Waals surface area contributed by atoms with Gasteiger partial charge in [0.2, 0.25) is 0 Å². The molecule has 0 aliphatic carbocycles. The average Bonchev–Trinajstić information content (AvgIpc) is 3.03. The van der Waals surface area contributed by atoms with Gasteiger partial charge in [-0.3, -0.25) is 5.10 Å². The molecule has 2 N–H and O–H groups in total. The van der Waals surface area contributed by atoms with Crippen molar-refractivity contribution >= 4 is 23.1 Å². The molecule has 3 heteroatoms. The Bertz CT molecular complexity index is 1020. The van der Waals surface area contributed by atoms with Crippen LogP contribution in [0, 0.1) is 0 Å². The predicted octanol–water partition coefficient (Wildman–Crippen LogP) is 5.11. The van der Waals surface area contributed by atoms with Crippen molar-refractivity contribution in [3.8, 4) is 16.9 Å². The quantitative estimate of drug-likeness (QED) is 0.552. The van der Waals surface area contributed by atoms with Crippen molar-refractivity contribution in [2.45, 2.75) is 0 Å². The maximum Gasteiger partial charge on any atom is 0.116 e. The number of phenols is 1. The van der Waals surface area contributed by atoms with E-state index < -0.39 is 0 Å². The summed E-state index contributed by atoms with van der Waals surface area (Å²) in [5, 5.41) is 18.2. The first-order valence-electron chi connectivity index (χ1n) is 7.80. The molecule has 0 aliphatic rings. The van der Waals surface area contributed by atoms with E-state index in [-0.39, 0.29) is 5.75 Å². The predicted molar refractivity (Wildman–Crippen MR) is 98.6 cm³/mol. The largest absolute Gasteiger partial charge is 0.508 e. The van der Waals surface area contributed by atoms with Crippen molar-refractivity contribution in [1.82, 2.24) is 10.2 Å². The summed E-state index contributed by atoms with van der Waals surface area (Å²) in [6, 6.07) is 23.6. The number of aromatic hydroxyl groups is 1. The Morgan fingerprint density at radius 2 is 1.62 bits per heavy atom. The van der Waals surface area contributed by atoms with Crippen molar-refractivity contribution < 1.29 is 5.11 Å². The third kappa shape index (κ3) is 2.79. The minimum absolute atomic E-state index is 0.267. The number of benzene rings is 3. The molecule has 0 saturated carbocycles. The van der Waals surface area contributed by atoms with Crippen LogP contribution < -0.4 is 0 Å². The zero-order valence-corrected chi connectivity index (χ0v) is 13.0. The van der Waals surface area contributed by atoms with E-state index in [0.717, 1.165) is 33.3 Å². The molecule has 0 atom stereocenters. The maximum atomic E-state index is 9.64. The number of aromatic nitrogens is 2. The van der Waals surface area contributed by atoms with E-state index in [1.807, 2.05) is 42.5 Å². The van der Waals surface area contributed by atoms with Crippen LogP contribution in [0.3, 0.4) is 0 Å². The molecule has 0 bridgehead atoms. The lowest BCUT2D eigenvalue weighted by molar-refractivity contribution is 0.475. The summed E-state index contributed by atoms with van der Waals surface area (Å²) < 4.78 is 0. The Morgan fingerprint density at radius 1 is 0.792 bits per heavy atom. The molecule has 4 rings (SSSR count). The molecule has 0 aliphatic heterocycles. The topological polar surface area (TPSA) is 48.9 Å². The van der Waals surface area contributed by atoms with Crippen LogP contribution in [-0.2, 0) is 0 Å². The molecule has 3 aromatic carbocycles. The molecule has 0 amide bonds. The molecule has 0 saturated heterocycles. The molecule has 1 heterocycles. The molecule has 4 aromatic rings. The van der Waals surface area contributed by atoms with E-state index in [1.54, 1.807) is 12.1 Å². The van der Waals surface area contributed by atoms with Crippen molar-refractivity contribution in [2.75, 3.05) is 0 Å². The molecule has 0 fully saturated rings. The highest BCUT2D eigenvalue weighted by atomic mass is 16.3. The van der Waals surface area contributed by atoms with Crippen LogP contribution in [0.25, 0.3) is 34.2 Å². The highest BCUT2D eigenvalue weighted by molar-refractivity contribution is 5.92. The summed E-state index contributed by atoms with van der Waals surface area (Å²) in [6.45, 7) is 0. The Hall–Kier alpha value is -3.33. The molecule has 116 valence electrons. The number of aromatic amines is 1. The summed E-state index contributed by atoms with van der Waals surface area (Å²) in [5.41, 5.74) is 5.05. The smallest absolute Gasteiger partial charge is 0.116 e. The Morgan fingerprint density at radius 3 is 2.46 bits per heavy atom. The summed E-state index contributed by atoms with van der Waals surface area (Å²) in [6.07, 6.45) is 4.07. The number of hydrogen-bond acceptors (Lipinski definition) is 2. The van der Waals surface area contributed by atoms with Gasteiger partial charge in [0.25, 0.3) is 0 Å². The second-order valence-electron chi connectivity index (χ2n) is 5.66. The number of H-pyrrole nitrogens is 1. The van der Waals surface area contributed by atoms with E-state index in [4.69, 9.17) is 0 Å². The Kier molecular flexibility index (Phi) is 3.60. The molecule has 0 radical (unpaired) electrons. The van der Waals surface area contributed by atoms with Crippen LogP contribution in [0.2, 0.25) is 0 Å². The van der Waals surface area contributed by atoms with Gasteiger partial charge in [0, 0.05) is 5.39 Å². The van der Waals surface area contributed by atoms with E-state index in [0.29, 0.717) is 0 Å². The van der Waals surface area contributed by atoms with E-state index in [1.165, 1.54) is 0 Å². The number of rotatable bonds is 3. The SMILES string of the molecule is Oc1cccc(-c2ccc3c(/C=C/c4ccccc4)n[nH]c3c2)c1. The molecule has 3 nitrogen and oxygen atoms in total. The molecular formula is C21H16N2O. The number of nitrogens with one attached hydrogen (secondary N) is 1. The average molecular weight is 312 g/mol. The number of fused-ring (bicyclic) bond motifs is 1. The van der Waals surface area contributed by atoms with Gasteiger partial charge in [-0.05, 0) is 47.0 Å². The van der Waals surface area contributed by atoms with Gasteiger partial charge in [0.05, 0.1) is 11.2 Å². The lowest BCUT2D eigenvalue weighted by Crippen LogP contribution is -1.78. The zero-order chi connectivity index (χ0) is 16.4. The first-order chi connectivity index (χ1) is 11.8. The highest BCUT2D eigenvalue weighted by Crippen LogP contribution is 2.27. The number of nitrogens with zero attached hydrogens (tertiary/aromatic N) is 1. The third-order valence-electron chi connectivity index (χ3n) is 4.01. The van der Waals surface area contributed by atoms with Gasteiger partial charge in [0.1, 0.15) is 5.75 Å². The van der Waals surface area contributed by atoms with E-state index in [9.17, 15) is 5.11 Å². The van der Waals surface area contributed by atoms with Gasteiger partial charge in [-0.25, -0.2) is 0 Å². The van der Waals surface area contributed by atoms with Crippen LogP contribution in [-0.4, -0.2) is 15.3 Å². The van der Waals surface area contributed by atoms with Crippen LogP contribution in [0.15, 0.2) is 72.8 Å². The second-order valence-corrected chi connectivity index (χ2v) is 5.66. The van der Waals surface area contributed by atoms with Gasteiger partial charge < -0.3 is 5.11 Å². The summed E-state index contributed by atoms with van der Waals surface area (Å²) in [7, 11) is 0. The minimum atomic E-state index is 0.267. The monoisotopic (exact) mass is 312 g/mol. The zero-order valence-electron chi connectivity index (χ0n) is 13.0. The fourth-order valence-corrected chi connectivity index (χ4v) is 2.77. The third-order valence-corrected chi connectivity index (χ3v) is 4.01. The van der Waals surface area contributed by atoms with Crippen LogP contribution >= 0.6 is 0 Å². The fourth-order valence-electron chi connectivity index (χ4n) is 2.77. The van der Waals surface area contributed by atoms with Gasteiger partial charge in [0.15, 0.2) is 0 Å². The van der Waals surface area contributed by atoms with Crippen LogP contribution in [0.4, 0.5) is 0 Å². The summed E-state index contributed by atoms with van der Waals surface area (Å²) >= 11 is 0. The van der Waals surface area contributed by atoms with E-state index in [2.05, 4.69) is 40.5 Å². The van der Waals surface area contributed by atoms with Gasteiger partial charge >= 0.3 is 0 Å². The van der Waals surface area contributed by atoms with Crippen molar-refractivity contribution in [3.63, 3.8) is 0 Å². The van der Waals surface area contributed by atoms with Crippen LogP contribution in [0.5, 0.6) is 5.75 Å². The van der Waals surface area contributed by atoms with Crippen molar-refractivity contribution in [3.05, 3.63) is 84.1 Å². The maximum absolute atomic E-state index is 9.64. The van der Waals surface area contributed by atoms with Gasteiger partial charge in [-0.1, -0.05) is 54.6 Å². The Labute approximate surface area is 139 Å². The van der Waals surface area contributed by atoms with Gasteiger partial charge in [-0.15, -0.1) is 0 Å². The molecule has 0 spiro atoms. The van der Waals surface area contributed by atoms with E-state index >= 15 is 0 Å². The standard InChI is InChI=1S/C21H16N2O/c24-18-8-4-7-16(13-18)17-10-11-19-20(22-23-21(19)14-17)12-9-15-5-2-1-3-6-15/h1-14,24H,(H,22,23)/b12-9+. The number of hydrogen-bond donors (Lipinski definition) is 2. The van der Waals surface area contributed by atoms with Gasteiger partial charge in [-0.2, -0.15) is 5.10 Å². The number of phenolic OH excluding ortho intramolecular Hbond substituents is 1. The first-order valence-corrected chi connectivity index (χ1v) is 7.80. The van der Waals surface area contributed by atoms with Crippen molar-refractivity contribution in [2.24, 2.45) is 0 Å². The lowest BCUT2D eigenvalue weighted by atomic mass is 10.0. The molecule has 24 heavy (non-hydrogen) atoms. The highest BCUT2D eigenvalue weighted by Gasteiger charge is 2.05. The Balaban J connectivity index is 1.69. The fraction of sp³-hybridized carbons (Fsp3) is 0. The first kappa shape index (κ1) is 14.3. The summed E-state index contributed by atoms with van der Waals surface area (Å²) in [5.74, 6) is 0.267. The van der Waals surface area contributed by atoms with Crippen molar-refractivity contribution in [1.29, 1.82) is 0 Å².